The third-order valence-corrected chi connectivity index (χ3v) is 2.78. The summed E-state index contributed by atoms with van der Waals surface area (Å²) in [4.78, 5) is 0. The lowest BCUT2D eigenvalue weighted by Gasteiger charge is -2.08. The van der Waals surface area contributed by atoms with E-state index in [-0.39, 0.29) is 1.43 Å². The van der Waals surface area contributed by atoms with E-state index in [9.17, 15) is 0 Å². The normalized spacial score (nSPS) is 9.67. The fourth-order valence-corrected chi connectivity index (χ4v) is 1.88. The molecule has 0 saturated heterocycles. The zero-order valence-electron chi connectivity index (χ0n) is 10.4. The number of hydrogen-bond donors (Lipinski definition) is 0. The molecule has 0 heteroatoms. The molecule has 2 aromatic carbocycles. The highest BCUT2D eigenvalue weighted by Crippen LogP contribution is 2.24. The topological polar surface area (TPSA) is 0 Å². The Morgan fingerprint density at radius 1 is 0.800 bits per heavy atom. The summed E-state index contributed by atoms with van der Waals surface area (Å²) in [5.74, 6) is 0. The molecule has 0 saturated carbocycles. The van der Waals surface area contributed by atoms with Crippen LogP contribution in [-0.2, 0) is 0 Å². The summed E-state index contributed by atoms with van der Waals surface area (Å²) in [6.07, 6.45) is 0. The van der Waals surface area contributed by atoms with Crippen LogP contribution in [0.25, 0.3) is 10.8 Å². The fraction of sp³-hybridized carbons (Fsp3) is 0.333. The van der Waals surface area contributed by atoms with E-state index < -0.39 is 0 Å². The number of benzene rings is 2. The van der Waals surface area contributed by atoms with Gasteiger partial charge in [0.2, 0.25) is 0 Å². The largest absolute Gasteiger partial charge is 0.0683 e. The SMILES string of the molecule is CC.Cc1cc(C)c2ccccc2c1C.[HH]. The van der Waals surface area contributed by atoms with Gasteiger partial charge in [-0.25, -0.2) is 0 Å². The highest BCUT2D eigenvalue weighted by atomic mass is 14.1. The minimum atomic E-state index is 0. The van der Waals surface area contributed by atoms with Crippen LogP contribution >= 0.6 is 0 Å². The van der Waals surface area contributed by atoms with Gasteiger partial charge in [0.05, 0.1) is 0 Å². The zero-order valence-corrected chi connectivity index (χ0v) is 10.4. The Labute approximate surface area is 94.4 Å². The maximum absolute atomic E-state index is 2.26. The Balaban J connectivity index is 0.000000711. The molecule has 0 radical (unpaired) electrons. The third kappa shape index (κ3) is 2.20. The van der Waals surface area contributed by atoms with Crippen molar-refractivity contribution in [1.29, 1.82) is 0 Å². The third-order valence-electron chi connectivity index (χ3n) is 2.78. The van der Waals surface area contributed by atoms with Gasteiger partial charge in [-0.1, -0.05) is 44.2 Å². The van der Waals surface area contributed by atoms with Crippen LogP contribution in [-0.4, -0.2) is 0 Å². The lowest BCUT2D eigenvalue weighted by atomic mass is 9.97. The van der Waals surface area contributed by atoms with Crippen LogP contribution in [0.5, 0.6) is 0 Å². The first-order chi connectivity index (χ1) is 7.20. The van der Waals surface area contributed by atoms with Crippen molar-refractivity contribution in [2.45, 2.75) is 34.6 Å². The first kappa shape index (κ1) is 11.8. The molecule has 0 fully saturated rings. The van der Waals surface area contributed by atoms with Crippen LogP contribution < -0.4 is 0 Å². The average molecular weight is 202 g/mol. The van der Waals surface area contributed by atoms with Crippen LogP contribution in [0.15, 0.2) is 30.3 Å². The van der Waals surface area contributed by atoms with Gasteiger partial charge in [0.15, 0.2) is 0 Å². The predicted molar refractivity (Wildman–Crippen MR) is 71.6 cm³/mol. The van der Waals surface area contributed by atoms with E-state index >= 15 is 0 Å². The van der Waals surface area contributed by atoms with Gasteiger partial charge in [-0.3, -0.25) is 0 Å². The zero-order chi connectivity index (χ0) is 11.4. The maximum atomic E-state index is 2.26. The van der Waals surface area contributed by atoms with Crippen molar-refractivity contribution < 1.29 is 1.43 Å². The van der Waals surface area contributed by atoms with E-state index in [0.717, 1.165) is 0 Å². The molecule has 0 atom stereocenters. The monoisotopic (exact) mass is 202 g/mol. The van der Waals surface area contributed by atoms with E-state index in [0.29, 0.717) is 0 Å². The minimum Gasteiger partial charge on any atom is -0.0683 e. The van der Waals surface area contributed by atoms with Crippen molar-refractivity contribution >= 4 is 10.8 Å². The molecule has 0 bridgehead atoms. The molecule has 0 spiro atoms. The van der Waals surface area contributed by atoms with Gasteiger partial charge in [-0.2, -0.15) is 0 Å². The molecule has 2 rings (SSSR count). The Kier molecular flexibility index (Phi) is 3.90. The maximum Gasteiger partial charge on any atom is 0 e. The van der Waals surface area contributed by atoms with Crippen LogP contribution in [0.2, 0.25) is 0 Å². The highest BCUT2D eigenvalue weighted by Gasteiger charge is 2.01. The lowest BCUT2D eigenvalue weighted by molar-refractivity contribution is 1.34. The Hall–Kier alpha value is -1.30. The summed E-state index contributed by atoms with van der Waals surface area (Å²) in [6, 6.07) is 10.9. The first-order valence-electron chi connectivity index (χ1n) is 5.65. The molecule has 15 heavy (non-hydrogen) atoms. The summed E-state index contributed by atoms with van der Waals surface area (Å²) in [7, 11) is 0. The van der Waals surface area contributed by atoms with E-state index in [1.807, 2.05) is 13.8 Å². The molecular weight excluding hydrogens is 180 g/mol. The van der Waals surface area contributed by atoms with Crippen molar-refractivity contribution in [3.05, 3.63) is 47.0 Å². The van der Waals surface area contributed by atoms with Gasteiger partial charge >= 0.3 is 0 Å². The number of hydrogen-bond acceptors (Lipinski definition) is 0. The smallest absolute Gasteiger partial charge is 0 e. The lowest BCUT2D eigenvalue weighted by Crippen LogP contribution is -1.86. The molecule has 0 heterocycles. The Morgan fingerprint density at radius 2 is 1.33 bits per heavy atom. The van der Waals surface area contributed by atoms with E-state index in [4.69, 9.17) is 0 Å². The molecule has 0 amide bonds. The molecular formula is C15H22. The standard InChI is InChI=1S/C13H14.C2H6.H2/c1-9-8-10(2)12-6-4-5-7-13(12)11(9)3;1-2;/h4-8H,1-3H3;1-2H3;1H. The van der Waals surface area contributed by atoms with E-state index in [1.54, 1.807) is 0 Å². The summed E-state index contributed by atoms with van der Waals surface area (Å²) >= 11 is 0. The Morgan fingerprint density at radius 3 is 1.93 bits per heavy atom. The highest BCUT2D eigenvalue weighted by molar-refractivity contribution is 5.89. The number of fused-ring (bicyclic) bond motifs is 1. The van der Waals surface area contributed by atoms with Gasteiger partial charge in [0, 0.05) is 1.43 Å². The second kappa shape index (κ2) is 4.97. The summed E-state index contributed by atoms with van der Waals surface area (Å²) in [5, 5.41) is 2.77. The minimum absolute atomic E-state index is 0. The van der Waals surface area contributed by atoms with Gasteiger partial charge in [0.25, 0.3) is 0 Å². The van der Waals surface area contributed by atoms with Crippen molar-refractivity contribution in [3.8, 4) is 0 Å². The summed E-state index contributed by atoms with van der Waals surface area (Å²) < 4.78 is 0. The molecule has 0 aliphatic rings. The van der Waals surface area contributed by atoms with Crippen LogP contribution in [0.3, 0.4) is 0 Å². The Bertz CT molecular complexity index is 458. The van der Waals surface area contributed by atoms with Gasteiger partial charge < -0.3 is 0 Å². The van der Waals surface area contributed by atoms with Crippen LogP contribution in [0.4, 0.5) is 0 Å². The molecule has 0 aliphatic carbocycles. The molecule has 82 valence electrons. The molecule has 0 N–H and O–H groups in total. The quantitative estimate of drug-likeness (QED) is 0.561. The van der Waals surface area contributed by atoms with Gasteiger partial charge in [0.1, 0.15) is 0 Å². The predicted octanol–water partition coefficient (Wildman–Crippen LogP) is 5.04. The second-order valence-electron chi connectivity index (χ2n) is 3.68. The molecule has 0 aromatic heterocycles. The van der Waals surface area contributed by atoms with Gasteiger partial charge in [-0.05, 0) is 48.2 Å². The molecule has 0 aliphatic heterocycles. The van der Waals surface area contributed by atoms with Crippen molar-refractivity contribution in [3.63, 3.8) is 0 Å². The molecule has 0 nitrogen and oxygen atoms in total. The summed E-state index contributed by atoms with van der Waals surface area (Å²) in [6.45, 7) is 10.5. The first-order valence-corrected chi connectivity index (χ1v) is 5.65. The van der Waals surface area contributed by atoms with E-state index in [2.05, 4.69) is 51.1 Å². The summed E-state index contributed by atoms with van der Waals surface area (Å²) in [5.41, 5.74) is 4.16. The van der Waals surface area contributed by atoms with Crippen LogP contribution in [0.1, 0.15) is 32.0 Å². The van der Waals surface area contributed by atoms with Crippen LogP contribution in [0, 0.1) is 20.8 Å². The molecule has 2 aromatic rings. The van der Waals surface area contributed by atoms with Crippen molar-refractivity contribution in [1.82, 2.24) is 0 Å². The molecule has 0 unspecified atom stereocenters. The second-order valence-corrected chi connectivity index (χ2v) is 3.68. The van der Waals surface area contributed by atoms with E-state index in [1.165, 1.54) is 27.5 Å². The number of rotatable bonds is 0. The number of aryl methyl sites for hydroxylation is 3. The average Bonchev–Trinajstić information content (AvgIpc) is 2.29. The van der Waals surface area contributed by atoms with Crippen molar-refractivity contribution in [2.75, 3.05) is 0 Å². The fourth-order valence-electron chi connectivity index (χ4n) is 1.88. The van der Waals surface area contributed by atoms with Crippen molar-refractivity contribution in [2.24, 2.45) is 0 Å². The van der Waals surface area contributed by atoms with Gasteiger partial charge in [-0.15, -0.1) is 0 Å².